The first kappa shape index (κ1) is 12.8. The number of nitrogens with zero attached hydrogens (tertiary/aromatic N) is 3. The molecule has 5 heteroatoms. The molecule has 2 rings (SSSR count). The van der Waals surface area contributed by atoms with E-state index in [1.165, 1.54) is 11.5 Å². The van der Waals surface area contributed by atoms with Crippen molar-refractivity contribution in [2.24, 2.45) is 0 Å². The van der Waals surface area contributed by atoms with Gasteiger partial charge in [-0.2, -0.15) is 4.37 Å². The van der Waals surface area contributed by atoms with E-state index in [-0.39, 0.29) is 0 Å². The molecular weight excluding hydrogens is 234 g/mol. The lowest BCUT2D eigenvalue weighted by molar-refractivity contribution is 0.0166. The van der Waals surface area contributed by atoms with E-state index in [1.54, 1.807) is 0 Å². The molecule has 17 heavy (non-hydrogen) atoms. The first-order valence-electron chi connectivity index (χ1n) is 6.49. The van der Waals surface area contributed by atoms with Crippen LogP contribution in [0.2, 0.25) is 0 Å². The van der Waals surface area contributed by atoms with Crippen LogP contribution >= 0.6 is 11.5 Å². The number of aromatic nitrogens is 2. The second kappa shape index (κ2) is 5.78. The largest absolute Gasteiger partial charge is 0.374 e. The lowest BCUT2D eigenvalue weighted by atomic mass is 10.1. The molecule has 4 nitrogen and oxygen atoms in total. The third kappa shape index (κ3) is 2.77. The van der Waals surface area contributed by atoms with E-state index in [9.17, 15) is 0 Å². The molecule has 0 saturated carbocycles. The minimum Gasteiger partial charge on any atom is -0.374 e. The van der Waals surface area contributed by atoms with Crippen LogP contribution in [0.4, 0.5) is 5.13 Å². The van der Waals surface area contributed by atoms with Gasteiger partial charge in [0.15, 0.2) is 0 Å². The average molecular weight is 255 g/mol. The van der Waals surface area contributed by atoms with Gasteiger partial charge in [0.2, 0.25) is 5.13 Å². The third-order valence-corrected chi connectivity index (χ3v) is 4.10. The molecule has 2 heterocycles. The first-order valence-corrected chi connectivity index (χ1v) is 7.26. The fraction of sp³-hybridized carbons (Fsp3) is 0.833. The molecule has 1 fully saturated rings. The summed E-state index contributed by atoms with van der Waals surface area (Å²) in [5, 5.41) is 1.07. The standard InChI is InChI=1S/C12H21N3OS/c1-4-9-8-16-10(5-2)7-15(9)12-13-11(6-3)14-17-12/h9-10H,4-8H2,1-3H3/t9-,10+/m0/s1. The number of ether oxygens (including phenoxy) is 1. The summed E-state index contributed by atoms with van der Waals surface area (Å²) in [6.07, 6.45) is 3.41. The summed E-state index contributed by atoms with van der Waals surface area (Å²) >= 11 is 1.52. The van der Waals surface area contributed by atoms with E-state index >= 15 is 0 Å². The first-order chi connectivity index (χ1) is 8.28. The molecule has 1 aliphatic heterocycles. The maximum absolute atomic E-state index is 5.83. The van der Waals surface area contributed by atoms with E-state index < -0.39 is 0 Å². The zero-order valence-corrected chi connectivity index (χ0v) is 11.7. The lowest BCUT2D eigenvalue weighted by Crippen LogP contribution is -2.49. The van der Waals surface area contributed by atoms with Crippen molar-refractivity contribution < 1.29 is 4.74 Å². The molecule has 0 radical (unpaired) electrons. The van der Waals surface area contributed by atoms with Crippen LogP contribution in [0.15, 0.2) is 0 Å². The van der Waals surface area contributed by atoms with Crippen LogP contribution in [0.5, 0.6) is 0 Å². The molecule has 96 valence electrons. The van der Waals surface area contributed by atoms with Crippen molar-refractivity contribution >= 4 is 16.7 Å². The number of morpholine rings is 1. The van der Waals surface area contributed by atoms with Gasteiger partial charge in [0.05, 0.1) is 18.8 Å². The van der Waals surface area contributed by atoms with Gasteiger partial charge in [-0.05, 0) is 12.8 Å². The van der Waals surface area contributed by atoms with Crippen LogP contribution in [0.25, 0.3) is 0 Å². The molecule has 1 aliphatic rings. The van der Waals surface area contributed by atoms with Gasteiger partial charge in [-0.25, -0.2) is 4.98 Å². The SMILES string of the molecule is CCc1nsc(N2C[C@@H](CC)OC[C@@H]2CC)n1. The fourth-order valence-electron chi connectivity index (χ4n) is 2.08. The summed E-state index contributed by atoms with van der Waals surface area (Å²) in [6, 6.07) is 0.454. The Morgan fingerprint density at radius 2 is 2.18 bits per heavy atom. The Balaban J connectivity index is 2.13. The summed E-state index contributed by atoms with van der Waals surface area (Å²) in [7, 11) is 0. The van der Waals surface area contributed by atoms with Crippen molar-refractivity contribution in [3.05, 3.63) is 5.82 Å². The summed E-state index contributed by atoms with van der Waals surface area (Å²) < 4.78 is 10.2. The van der Waals surface area contributed by atoms with Crippen molar-refractivity contribution in [2.75, 3.05) is 18.1 Å². The number of hydrogen-bond donors (Lipinski definition) is 0. The van der Waals surface area contributed by atoms with Crippen LogP contribution in [-0.4, -0.2) is 34.7 Å². The summed E-state index contributed by atoms with van der Waals surface area (Å²) in [5.74, 6) is 0.958. The Kier molecular flexibility index (Phi) is 4.34. The highest BCUT2D eigenvalue weighted by Gasteiger charge is 2.29. The zero-order valence-electron chi connectivity index (χ0n) is 10.8. The van der Waals surface area contributed by atoms with Crippen LogP contribution in [-0.2, 0) is 11.2 Å². The highest BCUT2D eigenvalue weighted by Crippen LogP contribution is 2.26. The van der Waals surface area contributed by atoms with Crippen molar-refractivity contribution in [3.8, 4) is 0 Å². The molecule has 0 unspecified atom stereocenters. The Morgan fingerprint density at radius 3 is 2.76 bits per heavy atom. The number of aryl methyl sites for hydroxylation is 1. The zero-order chi connectivity index (χ0) is 12.3. The number of hydrogen-bond acceptors (Lipinski definition) is 5. The Morgan fingerprint density at radius 1 is 1.35 bits per heavy atom. The molecule has 1 aromatic heterocycles. The summed E-state index contributed by atoms with van der Waals surface area (Å²) in [6.45, 7) is 8.24. The van der Waals surface area contributed by atoms with Gasteiger partial charge < -0.3 is 9.64 Å². The van der Waals surface area contributed by atoms with E-state index in [4.69, 9.17) is 4.74 Å². The number of rotatable bonds is 4. The molecule has 0 aliphatic carbocycles. The molecule has 0 N–H and O–H groups in total. The molecule has 0 spiro atoms. The van der Waals surface area contributed by atoms with Gasteiger partial charge in [-0.1, -0.05) is 20.8 Å². The Labute approximate surface area is 107 Å². The molecule has 1 aromatic rings. The predicted octanol–water partition coefficient (Wildman–Crippen LogP) is 2.49. The molecule has 0 amide bonds. The van der Waals surface area contributed by atoms with Crippen molar-refractivity contribution in [1.29, 1.82) is 0 Å². The van der Waals surface area contributed by atoms with Gasteiger partial charge in [-0.15, -0.1) is 0 Å². The molecule has 1 saturated heterocycles. The van der Waals surface area contributed by atoms with Crippen molar-refractivity contribution in [3.63, 3.8) is 0 Å². The lowest BCUT2D eigenvalue weighted by Gasteiger charge is -2.38. The maximum atomic E-state index is 5.83. The van der Waals surface area contributed by atoms with Crippen LogP contribution in [0.3, 0.4) is 0 Å². The van der Waals surface area contributed by atoms with Crippen LogP contribution in [0.1, 0.15) is 39.4 Å². The number of anilines is 1. The van der Waals surface area contributed by atoms with Gasteiger partial charge in [0.1, 0.15) is 5.82 Å². The molecule has 2 atom stereocenters. The smallest absolute Gasteiger partial charge is 0.205 e. The van der Waals surface area contributed by atoms with Gasteiger partial charge in [0.25, 0.3) is 0 Å². The highest BCUT2D eigenvalue weighted by molar-refractivity contribution is 7.09. The molecular formula is C12H21N3OS. The topological polar surface area (TPSA) is 38.2 Å². The predicted molar refractivity (Wildman–Crippen MR) is 70.7 cm³/mol. The highest BCUT2D eigenvalue weighted by atomic mass is 32.1. The second-order valence-electron chi connectivity index (χ2n) is 4.42. The Bertz CT molecular complexity index is 355. The van der Waals surface area contributed by atoms with E-state index in [1.807, 2.05) is 0 Å². The maximum Gasteiger partial charge on any atom is 0.205 e. The van der Waals surface area contributed by atoms with Gasteiger partial charge in [-0.3, -0.25) is 0 Å². The second-order valence-corrected chi connectivity index (χ2v) is 5.16. The van der Waals surface area contributed by atoms with Crippen LogP contribution < -0.4 is 4.90 Å². The van der Waals surface area contributed by atoms with E-state index in [0.717, 1.165) is 43.4 Å². The third-order valence-electron chi connectivity index (χ3n) is 3.31. The van der Waals surface area contributed by atoms with Gasteiger partial charge >= 0.3 is 0 Å². The fourth-order valence-corrected chi connectivity index (χ4v) is 2.91. The minimum atomic E-state index is 0.340. The molecule has 0 aromatic carbocycles. The quantitative estimate of drug-likeness (QED) is 0.828. The van der Waals surface area contributed by atoms with E-state index in [0.29, 0.717) is 12.1 Å². The summed E-state index contributed by atoms with van der Waals surface area (Å²) in [4.78, 5) is 6.98. The summed E-state index contributed by atoms with van der Waals surface area (Å²) in [5.41, 5.74) is 0. The monoisotopic (exact) mass is 255 g/mol. The Hall–Kier alpha value is -0.680. The minimum absolute atomic E-state index is 0.340. The van der Waals surface area contributed by atoms with Crippen molar-refractivity contribution in [1.82, 2.24) is 9.36 Å². The van der Waals surface area contributed by atoms with Gasteiger partial charge in [0, 0.05) is 24.5 Å². The van der Waals surface area contributed by atoms with Crippen LogP contribution in [0, 0.1) is 0 Å². The van der Waals surface area contributed by atoms with Crippen molar-refractivity contribution in [2.45, 2.75) is 52.2 Å². The van der Waals surface area contributed by atoms with E-state index in [2.05, 4.69) is 35.0 Å². The average Bonchev–Trinajstić information content (AvgIpc) is 2.86. The molecule has 0 bridgehead atoms. The normalized spacial score (nSPS) is 25.2.